The minimum atomic E-state index is -1.34. The largest absolute Gasteiger partial charge is 0.476 e. The quantitative estimate of drug-likeness (QED) is 0.740. The van der Waals surface area contributed by atoms with Crippen LogP contribution >= 0.6 is 0 Å². The summed E-state index contributed by atoms with van der Waals surface area (Å²) in [7, 11) is 0. The van der Waals surface area contributed by atoms with Crippen molar-refractivity contribution in [2.75, 3.05) is 6.54 Å². The molecule has 1 saturated heterocycles. The molecule has 2 rings (SSSR count). The lowest BCUT2D eigenvalue weighted by atomic mass is 10.2. The molecule has 0 bridgehead atoms. The number of hydrogen-bond donors (Lipinski definition) is 2. The van der Waals surface area contributed by atoms with Crippen LogP contribution in [0.1, 0.15) is 33.8 Å². The predicted molar refractivity (Wildman–Crippen MR) is 62.2 cm³/mol. The second-order valence-corrected chi connectivity index (χ2v) is 4.12. The molecule has 1 aromatic heterocycles. The predicted octanol–water partition coefficient (Wildman–Crippen LogP) is -0.735. The number of primary amides is 1. The van der Waals surface area contributed by atoms with Gasteiger partial charge in [0.1, 0.15) is 6.04 Å². The number of hydrogen-bond acceptors (Lipinski definition) is 5. The Morgan fingerprint density at radius 2 is 1.89 bits per heavy atom. The molecule has 2 amide bonds. The van der Waals surface area contributed by atoms with Crippen LogP contribution in [0.5, 0.6) is 0 Å². The van der Waals surface area contributed by atoms with Gasteiger partial charge in [0.2, 0.25) is 5.91 Å². The van der Waals surface area contributed by atoms with Gasteiger partial charge in [0.25, 0.3) is 5.91 Å². The molecule has 0 radical (unpaired) electrons. The zero-order chi connectivity index (χ0) is 14.0. The molecule has 3 N–H and O–H groups in total. The summed E-state index contributed by atoms with van der Waals surface area (Å²) in [5.74, 6) is -2.58. The Morgan fingerprint density at radius 1 is 1.26 bits per heavy atom. The summed E-state index contributed by atoms with van der Waals surface area (Å²) in [5.41, 5.74) is 4.51. The van der Waals surface area contributed by atoms with Crippen molar-refractivity contribution in [3.05, 3.63) is 23.8 Å². The van der Waals surface area contributed by atoms with Crippen molar-refractivity contribution in [2.45, 2.75) is 18.9 Å². The van der Waals surface area contributed by atoms with Crippen LogP contribution in [-0.2, 0) is 4.79 Å². The first-order valence-electron chi connectivity index (χ1n) is 5.67. The van der Waals surface area contributed by atoms with Crippen LogP contribution in [0.4, 0.5) is 0 Å². The lowest BCUT2D eigenvalue weighted by Crippen LogP contribution is -2.44. The lowest BCUT2D eigenvalue weighted by Gasteiger charge is -2.21. The van der Waals surface area contributed by atoms with Crippen LogP contribution in [0.3, 0.4) is 0 Å². The van der Waals surface area contributed by atoms with Crippen molar-refractivity contribution in [3.8, 4) is 0 Å². The van der Waals surface area contributed by atoms with E-state index in [9.17, 15) is 14.4 Å². The molecule has 0 spiro atoms. The third-order valence-electron chi connectivity index (χ3n) is 2.95. The molecule has 1 fully saturated rings. The Kier molecular flexibility index (Phi) is 3.41. The third kappa shape index (κ3) is 2.37. The fraction of sp³-hybridized carbons (Fsp3) is 0.364. The zero-order valence-corrected chi connectivity index (χ0v) is 9.94. The smallest absolute Gasteiger partial charge is 0.356 e. The van der Waals surface area contributed by atoms with E-state index in [4.69, 9.17) is 10.8 Å². The van der Waals surface area contributed by atoms with Gasteiger partial charge in [-0.1, -0.05) is 0 Å². The molecule has 8 heteroatoms. The first-order valence-corrected chi connectivity index (χ1v) is 5.67. The number of nitrogens with two attached hydrogens (primary N) is 1. The molecule has 0 aliphatic carbocycles. The Hall–Kier alpha value is -2.51. The molecule has 1 aliphatic heterocycles. The molecule has 0 saturated carbocycles. The van der Waals surface area contributed by atoms with Crippen LogP contribution in [0, 0.1) is 0 Å². The van der Waals surface area contributed by atoms with E-state index in [0.717, 1.165) is 0 Å². The van der Waals surface area contributed by atoms with E-state index in [1.807, 2.05) is 0 Å². The third-order valence-corrected chi connectivity index (χ3v) is 2.95. The highest BCUT2D eigenvalue weighted by Gasteiger charge is 2.35. The monoisotopic (exact) mass is 264 g/mol. The number of carbonyl (C=O) groups excluding carboxylic acids is 2. The van der Waals surface area contributed by atoms with Gasteiger partial charge in [0, 0.05) is 18.9 Å². The van der Waals surface area contributed by atoms with Gasteiger partial charge in [0.05, 0.1) is 0 Å². The number of nitrogens with zero attached hydrogens (tertiary/aromatic N) is 3. The van der Waals surface area contributed by atoms with E-state index >= 15 is 0 Å². The van der Waals surface area contributed by atoms with E-state index in [0.29, 0.717) is 19.4 Å². The molecule has 1 aromatic rings. The summed E-state index contributed by atoms with van der Waals surface area (Å²) in [5, 5.41) is 8.97. The Morgan fingerprint density at radius 3 is 2.47 bits per heavy atom. The average molecular weight is 264 g/mol. The van der Waals surface area contributed by atoms with Crippen molar-refractivity contribution in [1.29, 1.82) is 0 Å². The average Bonchev–Trinajstić information content (AvgIpc) is 2.87. The number of carboxylic acids is 1. The minimum Gasteiger partial charge on any atom is -0.476 e. The standard InChI is InChI=1S/C11H12N4O4/c12-9(16)6-2-1-5-15(6)10(17)7-8(11(18)19)14-4-3-13-7/h3-4,6H,1-2,5H2,(H2,12,16)(H,18,19)/t6-/m0/s1. The maximum atomic E-state index is 12.2. The summed E-state index contributed by atoms with van der Waals surface area (Å²) in [6, 6.07) is -0.712. The Balaban J connectivity index is 2.34. The Labute approximate surface area is 108 Å². The highest BCUT2D eigenvalue weighted by Crippen LogP contribution is 2.20. The van der Waals surface area contributed by atoms with Crippen LogP contribution in [0.15, 0.2) is 12.4 Å². The van der Waals surface area contributed by atoms with Crippen LogP contribution < -0.4 is 5.73 Å². The Bertz CT molecular complexity index is 545. The zero-order valence-electron chi connectivity index (χ0n) is 9.94. The van der Waals surface area contributed by atoms with E-state index in [1.165, 1.54) is 17.3 Å². The van der Waals surface area contributed by atoms with Crippen molar-refractivity contribution in [1.82, 2.24) is 14.9 Å². The van der Waals surface area contributed by atoms with Crippen LogP contribution in [0.2, 0.25) is 0 Å². The van der Waals surface area contributed by atoms with Crippen LogP contribution in [0.25, 0.3) is 0 Å². The van der Waals surface area contributed by atoms with Crippen molar-refractivity contribution < 1.29 is 19.5 Å². The molecule has 8 nitrogen and oxygen atoms in total. The number of rotatable bonds is 3. The van der Waals surface area contributed by atoms with E-state index in [1.54, 1.807) is 0 Å². The first kappa shape index (κ1) is 12.9. The second-order valence-electron chi connectivity index (χ2n) is 4.12. The molecular weight excluding hydrogens is 252 g/mol. The van der Waals surface area contributed by atoms with Gasteiger partial charge >= 0.3 is 5.97 Å². The molecule has 0 unspecified atom stereocenters. The lowest BCUT2D eigenvalue weighted by molar-refractivity contribution is -0.121. The molecule has 1 atom stereocenters. The van der Waals surface area contributed by atoms with Gasteiger partial charge in [-0.3, -0.25) is 9.59 Å². The fourth-order valence-corrected chi connectivity index (χ4v) is 2.09. The summed E-state index contributed by atoms with van der Waals surface area (Å²) in [6.07, 6.45) is 3.54. The van der Waals surface area contributed by atoms with E-state index < -0.39 is 29.5 Å². The van der Waals surface area contributed by atoms with Gasteiger partial charge in [-0.2, -0.15) is 0 Å². The number of aromatic nitrogens is 2. The molecule has 2 heterocycles. The fourth-order valence-electron chi connectivity index (χ4n) is 2.09. The van der Waals surface area contributed by atoms with Gasteiger partial charge in [0.15, 0.2) is 11.4 Å². The second kappa shape index (κ2) is 5.01. The SMILES string of the molecule is NC(=O)[C@@H]1CCCN1C(=O)c1nccnc1C(=O)O. The van der Waals surface area contributed by atoms with Crippen molar-refractivity contribution >= 4 is 17.8 Å². The first-order chi connectivity index (χ1) is 9.02. The molecular formula is C11H12N4O4. The minimum absolute atomic E-state index is 0.275. The number of likely N-dealkylation sites (tertiary alicyclic amines) is 1. The van der Waals surface area contributed by atoms with Gasteiger partial charge < -0.3 is 15.7 Å². The normalized spacial score (nSPS) is 18.3. The van der Waals surface area contributed by atoms with E-state index in [2.05, 4.69) is 9.97 Å². The highest BCUT2D eigenvalue weighted by atomic mass is 16.4. The summed E-state index contributed by atoms with van der Waals surface area (Å²) in [4.78, 5) is 43.1. The van der Waals surface area contributed by atoms with Crippen LogP contribution in [-0.4, -0.2) is 50.3 Å². The molecule has 100 valence electrons. The summed E-state index contributed by atoms with van der Waals surface area (Å²) < 4.78 is 0. The summed E-state index contributed by atoms with van der Waals surface area (Å²) >= 11 is 0. The molecule has 0 aromatic carbocycles. The van der Waals surface area contributed by atoms with Gasteiger partial charge in [-0.15, -0.1) is 0 Å². The number of carbonyl (C=O) groups is 3. The number of amides is 2. The van der Waals surface area contributed by atoms with Crippen molar-refractivity contribution in [3.63, 3.8) is 0 Å². The van der Waals surface area contributed by atoms with E-state index in [-0.39, 0.29) is 5.69 Å². The van der Waals surface area contributed by atoms with Gasteiger partial charge in [-0.05, 0) is 12.8 Å². The van der Waals surface area contributed by atoms with Gasteiger partial charge in [-0.25, -0.2) is 14.8 Å². The maximum absolute atomic E-state index is 12.2. The summed E-state index contributed by atoms with van der Waals surface area (Å²) in [6.45, 7) is 0.349. The molecule has 1 aliphatic rings. The van der Waals surface area contributed by atoms with Crippen molar-refractivity contribution in [2.24, 2.45) is 5.73 Å². The number of aromatic carboxylic acids is 1. The highest BCUT2D eigenvalue weighted by molar-refractivity contribution is 6.03. The maximum Gasteiger partial charge on any atom is 0.356 e. The number of carboxylic acid groups (broad SMARTS) is 1. The molecule has 19 heavy (non-hydrogen) atoms. The topological polar surface area (TPSA) is 126 Å².